The zero-order valence-electron chi connectivity index (χ0n) is 17.2. The Bertz CT molecular complexity index is 828. The predicted octanol–water partition coefficient (Wildman–Crippen LogP) is 3.44. The average molecular weight is 396 g/mol. The lowest BCUT2D eigenvalue weighted by Gasteiger charge is -2.35. The molecule has 0 aliphatic carbocycles. The number of nitrogens with one attached hydrogen (secondary N) is 1. The molecule has 0 aromatic heterocycles. The second-order valence-electron chi connectivity index (χ2n) is 7.26. The maximum absolute atomic E-state index is 12.5. The number of nitrogens with zero attached hydrogens (tertiary/aromatic N) is 2. The molecule has 1 aliphatic rings. The third-order valence-electron chi connectivity index (χ3n) is 5.00. The van der Waals surface area contributed by atoms with E-state index in [1.807, 2.05) is 48.5 Å². The molecule has 29 heavy (non-hydrogen) atoms. The molecule has 0 bridgehead atoms. The van der Waals surface area contributed by atoms with Gasteiger partial charge >= 0.3 is 0 Å². The van der Waals surface area contributed by atoms with Crippen LogP contribution in [0.5, 0.6) is 5.75 Å². The van der Waals surface area contributed by atoms with Crippen LogP contribution in [-0.4, -0.2) is 55.9 Å². The molecule has 6 heteroatoms. The van der Waals surface area contributed by atoms with Crippen molar-refractivity contribution in [1.82, 2.24) is 4.90 Å². The molecule has 3 rings (SSSR count). The van der Waals surface area contributed by atoms with E-state index in [1.165, 1.54) is 0 Å². The molecule has 1 heterocycles. The molecule has 1 N–H and O–H groups in total. The minimum Gasteiger partial charge on any atom is -0.491 e. The van der Waals surface area contributed by atoms with Crippen LogP contribution in [0.15, 0.2) is 48.5 Å². The number of hydrogen-bond donors (Lipinski definition) is 1. The molecule has 0 radical (unpaired) electrons. The number of rotatable bonds is 8. The molecule has 0 saturated carbocycles. The Morgan fingerprint density at radius 2 is 1.69 bits per heavy atom. The molecular weight excluding hydrogens is 366 g/mol. The number of hydrogen-bond acceptors (Lipinski definition) is 5. The van der Waals surface area contributed by atoms with Crippen molar-refractivity contribution in [2.24, 2.45) is 0 Å². The van der Waals surface area contributed by atoms with Gasteiger partial charge in [0.2, 0.25) is 5.91 Å². The first-order valence-electron chi connectivity index (χ1n) is 10.2. The lowest BCUT2D eigenvalue weighted by molar-refractivity contribution is -0.117. The number of ether oxygens (including phenoxy) is 1. The fourth-order valence-electron chi connectivity index (χ4n) is 3.37. The van der Waals surface area contributed by atoms with Gasteiger partial charge in [0, 0.05) is 37.4 Å². The minimum atomic E-state index is -0.0307. The zero-order chi connectivity index (χ0) is 20.6. The topological polar surface area (TPSA) is 61.9 Å². The Balaban J connectivity index is 1.49. The number of carbonyl (C=O) groups excluding carboxylic acids is 2. The Kier molecular flexibility index (Phi) is 7.25. The number of Topliss-reactive ketones (excluding diaryl/α,β-unsaturated/α-hetero) is 1. The molecule has 1 saturated heterocycles. The van der Waals surface area contributed by atoms with Crippen LogP contribution in [0.1, 0.15) is 30.6 Å². The maximum atomic E-state index is 12.5. The van der Waals surface area contributed by atoms with Crippen molar-refractivity contribution in [2.75, 3.05) is 49.5 Å². The summed E-state index contributed by atoms with van der Waals surface area (Å²) in [5.74, 6) is 0.757. The molecule has 0 unspecified atom stereocenters. The van der Waals surface area contributed by atoms with E-state index in [0.717, 1.165) is 49.5 Å². The van der Waals surface area contributed by atoms with Crippen molar-refractivity contribution < 1.29 is 14.3 Å². The van der Waals surface area contributed by atoms with Crippen molar-refractivity contribution in [3.8, 4) is 5.75 Å². The van der Waals surface area contributed by atoms with Gasteiger partial charge in [-0.1, -0.05) is 19.1 Å². The van der Waals surface area contributed by atoms with Gasteiger partial charge in [-0.05, 0) is 49.7 Å². The summed E-state index contributed by atoms with van der Waals surface area (Å²) in [5, 5.41) is 2.98. The Hall–Kier alpha value is -2.86. The number of carbonyl (C=O) groups is 2. The second kappa shape index (κ2) is 10.1. The summed E-state index contributed by atoms with van der Waals surface area (Å²) in [5.41, 5.74) is 2.56. The van der Waals surface area contributed by atoms with Crippen LogP contribution >= 0.6 is 0 Å². The third-order valence-corrected chi connectivity index (χ3v) is 5.00. The van der Waals surface area contributed by atoms with Crippen LogP contribution in [0, 0.1) is 0 Å². The summed E-state index contributed by atoms with van der Waals surface area (Å²) >= 11 is 0. The molecular formula is C23H29N3O3. The van der Waals surface area contributed by atoms with Gasteiger partial charge in [0.1, 0.15) is 5.75 Å². The number of ketones is 1. The average Bonchev–Trinajstić information content (AvgIpc) is 2.73. The van der Waals surface area contributed by atoms with Gasteiger partial charge in [-0.15, -0.1) is 0 Å². The highest BCUT2D eigenvalue weighted by atomic mass is 16.5. The molecule has 2 aromatic rings. The molecule has 154 valence electrons. The Morgan fingerprint density at radius 3 is 2.34 bits per heavy atom. The highest BCUT2D eigenvalue weighted by molar-refractivity contribution is 5.94. The second-order valence-corrected chi connectivity index (χ2v) is 7.26. The molecule has 1 aliphatic heterocycles. The SMILES string of the molecule is CCCOc1ccccc1NC(=O)CN1CCN(c2ccc(C(C)=O)cc2)CC1. The highest BCUT2D eigenvalue weighted by Gasteiger charge is 2.20. The van der Waals surface area contributed by atoms with Crippen LogP contribution in [0.4, 0.5) is 11.4 Å². The summed E-state index contributed by atoms with van der Waals surface area (Å²) in [6.45, 7) is 7.95. The third kappa shape index (κ3) is 5.81. The lowest BCUT2D eigenvalue weighted by atomic mass is 10.1. The van der Waals surface area contributed by atoms with Crippen molar-refractivity contribution in [3.05, 3.63) is 54.1 Å². The number of anilines is 2. The van der Waals surface area contributed by atoms with Gasteiger partial charge in [0.25, 0.3) is 0 Å². The van der Waals surface area contributed by atoms with Gasteiger partial charge in [0.05, 0.1) is 18.8 Å². The van der Waals surface area contributed by atoms with Crippen LogP contribution < -0.4 is 15.0 Å². The zero-order valence-corrected chi connectivity index (χ0v) is 17.2. The summed E-state index contributed by atoms with van der Waals surface area (Å²) in [7, 11) is 0. The lowest BCUT2D eigenvalue weighted by Crippen LogP contribution is -2.48. The van der Waals surface area contributed by atoms with Gasteiger partial charge in [0.15, 0.2) is 5.78 Å². The normalized spacial score (nSPS) is 14.5. The molecule has 2 aromatic carbocycles. The van der Waals surface area contributed by atoms with Gasteiger partial charge in [-0.25, -0.2) is 0 Å². The van der Waals surface area contributed by atoms with Crippen LogP contribution in [0.2, 0.25) is 0 Å². The molecule has 1 fully saturated rings. The summed E-state index contributed by atoms with van der Waals surface area (Å²) in [4.78, 5) is 28.4. The van der Waals surface area contributed by atoms with Gasteiger partial charge in [-0.3, -0.25) is 14.5 Å². The smallest absolute Gasteiger partial charge is 0.238 e. The summed E-state index contributed by atoms with van der Waals surface area (Å²) in [6, 6.07) is 15.3. The molecule has 1 amide bonds. The first-order chi connectivity index (χ1) is 14.1. The van der Waals surface area contributed by atoms with Gasteiger partial charge < -0.3 is 15.0 Å². The van der Waals surface area contributed by atoms with Crippen LogP contribution in [0.25, 0.3) is 0 Å². The van der Waals surface area contributed by atoms with Crippen molar-refractivity contribution in [1.29, 1.82) is 0 Å². The van der Waals surface area contributed by atoms with E-state index in [9.17, 15) is 9.59 Å². The van der Waals surface area contributed by atoms with E-state index < -0.39 is 0 Å². The highest BCUT2D eigenvalue weighted by Crippen LogP contribution is 2.24. The first kappa shape index (κ1) is 20.9. The fourth-order valence-corrected chi connectivity index (χ4v) is 3.37. The molecule has 0 spiro atoms. The number of para-hydroxylation sites is 2. The summed E-state index contributed by atoms with van der Waals surface area (Å²) < 4.78 is 5.71. The van der Waals surface area contributed by atoms with E-state index in [-0.39, 0.29) is 11.7 Å². The van der Waals surface area contributed by atoms with Crippen LogP contribution in [0.3, 0.4) is 0 Å². The summed E-state index contributed by atoms with van der Waals surface area (Å²) in [6.07, 6.45) is 0.921. The Morgan fingerprint density at radius 1 is 1.00 bits per heavy atom. The fraction of sp³-hybridized carbons (Fsp3) is 0.391. The monoisotopic (exact) mass is 395 g/mol. The van der Waals surface area contributed by atoms with E-state index in [0.29, 0.717) is 18.9 Å². The standard InChI is InChI=1S/C23H29N3O3/c1-3-16-29-22-7-5-4-6-21(22)24-23(28)17-25-12-14-26(15-13-25)20-10-8-19(9-11-20)18(2)27/h4-11H,3,12-17H2,1-2H3,(H,24,28). The van der Waals surface area contributed by atoms with Gasteiger partial charge in [-0.2, -0.15) is 0 Å². The van der Waals surface area contributed by atoms with E-state index in [4.69, 9.17) is 4.74 Å². The van der Waals surface area contributed by atoms with E-state index in [1.54, 1.807) is 6.92 Å². The predicted molar refractivity (Wildman–Crippen MR) is 116 cm³/mol. The van der Waals surface area contributed by atoms with E-state index in [2.05, 4.69) is 22.0 Å². The number of amides is 1. The van der Waals surface area contributed by atoms with Crippen molar-refractivity contribution in [3.63, 3.8) is 0 Å². The quantitative estimate of drug-likeness (QED) is 0.694. The molecule has 6 nitrogen and oxygen atoms in total. The first-order valence-corrected chi connectivity index (χ1v) is 10.2. The van der Waals surface area contributed by atoms with Crippen molar-refractivity contribution >= 4 is 23.1 Å². The minimum absolute atomic E-state index is 0.0307. The van der Waals surface area contributed by atoms with Crippen LogP contribution in [-0.2, 0) is 4.79 Å². The number of benzene rings is 2. The molecule has 0 atom stereocenters. The van der Waals surface area contributed by atoms with Crippen molar-refractivity contribution in [2.45, 2.75) is 20.3 Å². The number of piperazine rings is 1. The Labute approximate surface area is 172 Å². The van der Waals surface area contributed by atoms with E-state index >= 15 is 0 Å². The maximum Gasteiger partial charge on any atom is 0.238 e. The largest absolute Gasteiger partial charge is 0.491 e.